The predicted octanol–water partition coefficient (Wildman–Crippen LogP) is 6.15. The van der Waals surface area contributed by atoms with Gasteiger partial charge in [0.15, 0.2) is 11.5 Å². The Morgan fingerprint density at radius 3 is 2.69 bits per heavy atom. The number of halogens is 1. The second-order valence-corrected chi connectivity index (χ2v) is 8.19. The van der Waals surface area contributed by atoms with Crippen LogP contribution in [0.2, 0.25) is 5.02 Å². The summed E-state index contributed by atoms with van der Waals surface area (Å²) in [6.45, 7) is 3.83. The molecule has 3 aromatic rings. The first-order chi connectivity index (χ1) is 13.9. The zero-order valence-electron chi connectivity index (χ0n) is 16.4. The number of aromatic nitrogens is 1. The van der Waals surface area contributed by atoms with Crippen LogP contribution in [0.25, 0.3) is 21.9 Å². The first-order valence-electron chi connectivity index (χ1n) is 9.20. The lowest BCUT2D eigenvalue weighted by Crippen LogP contribution is -2.07. The summed E-state index contributed by atoms with van der Waals surface area (Å²) in [4.78, 5) is 15.8. The number of allylic oxidation sites excluding steroid dienone is 1. The zero-order valence-corrected chi connectivity index (χ0v) is 18.0. The topological polar surface area (TPSA) is 68.7 Å². The van der Waals surface area contributed by atoms with Crippen molar-refractivity contribution in [3.05, 3.63) is 52.0 Å². The minimum absolute atomic E-state index is 0.0150. The molecule has 0 radical (unpaired) electrons. The van der Waals surface area contributed by atoms with Crippen LogP contribution < -0.4 is 9.47 Å². The Kier molecular flexibility index (Phi) is 6.77. The molecule has 7 heteroatoms. The van der Waals surface area contributed by atoms with E-state index in [-0.39, 0.29) is 12.5 Å². The van der Waals surface area contributed by atoms with Crippen molar-refractivity contribution in [3.8, 4) is 11.5 Å². The molecule has 0 saturated heterocycles. The summed E-state index contributed by atoms with van der Waals surface area (Å²) < 4.78 is 12.3. The highest BCUT2D eigenvalue weighted by molar-refractivity contribution is 7.19. The van der Waals surface area contributed by atoms with Crippen LogP contribution >= 0.6 is 22.9 Å². The molecule has 29 heavy (non-hydrogen) atoms. The molecule has 0 bridgehead atoms. The maximum absolute atomic E-state index is 11.2. The van der Waals surface area contributed by atoms with E-state index < -0.39 is 5.97 Å². The summed E-state index contributed by atoms with van der Waals surface area (Å²) in [5.74, 6) is 0.168. The number of rotatable bonds is 8. The summed E-state index contributed by atoms with van der Waals surface area (Å²) in [6.07, 6.45) is 2.24. The number of hydrogen-bond acceptors (Lipinski definition) is 5. The van der Waals surface area contributed by atoms with Crippen LogP contribution in [0.3, 0.4) is 0 Å². The van der Waals surface area contributed by atoms with Crippen LogP contribution in [0.15, 0.2) is 36.4 Å². The summed E-state index contributed by atoms with van der Waals surface area (Å²) in [7, 11) is 1.56. The average molecular weight is 432 g/mol. The van der Waals surface area contributed by atoms with Gasteiger partial charge in [0.05, 0.1) is 28.5 Å². The number of fused-ring (bicyclic) bond motifs is 1. The molecule has 1 N–H and O–H groups in total. The third-order valence-corrected chi connectivity index (χ3v) is 5.52. The lowest BCUT2D eigenvalue weighted by atomic mass is 10.1. The van der Waals surface area contributed by atoms with Gasteiger partial charge in [0.2, 0.25) is 0 Å². The highest BCUT2D eigenvalue weighted by atomic mass is 35.5. The third-order valence-electron chi connectivity index (χ3n) is 4.12. The summed E-state index contributed by atoms with van der Waals surface area (Å²) in [5.41, 5.74) is 2.52. The maximum atomic E-state index is 11.2. The second-order valence-electron chi connectivity index (χ2n) is 6.75. The molecule has 5 nitrogen and oxygen atoms in total. The van der Waals surface area contributed by atoms with Crippen molar-refractivity contribution >= 4 is 50.8 Å². The number of aliphatic carboxylic acids is 1. The van der Waals surface area contributed by atoms with Crippen LogP contribution in [-0.2, 0) is 4.79 Å². The molecule has 0 fully saturated rings. The van der Waals surface area contributed by atoms with Gasteiger partial charge < -0.3 is 14.6 Å². The largest absolute Gasteiger partial charge is 0.493 e. The monoisotopic (exact) mass is 431 g/mol. The number of ether oxygens (including phenoxy) is 2. The molecule has 0 atom stereocenters. The van der Waals surface area contributed by atoms with E-state index in [4.69, 9.17) is 26.2 Å². The van der Waals surface area contributed by atoms with E-state index >= 15 is 0 Å². The first-order valence-corrected chi connectivity index (χ1v) is 10.4. The number of methoxy groups -OCH3 is 1. The predicted molar refractivity (Wildman–Crippen MR) is 118 cm³/mol. The van der Waals surface area contributed by atoms with Crippen LogP contribution in [0.4, 0.5) is 0 Å². The van der Waals surface area contributed by atoms with Crippen LogP contribution in [0, 0.1) is 0 Å². The van der Waals surface area contributed by atoms with Crippen molar-refractivity contribution < 1.29 is 19.4 Å². The van der Waals surface area contributed by atoms with E-state index in [2.05, 4.69) is 4.98 Å². The standard InChI is InChI=1S/C22H22ClNO4S/c1-13(2)28-21-16(23)11-14(12-18(21)27-3)10-15(8-9-20(25)26)22-24-17-6-4-5-7-19(17)29-22/h4-7,10-13H,8-9H2,1-3H3,(H,25,26). The molecule has 0 aliphatic heterocycles. The third kappa shape index (κ3) is 5.28. The smallest absolute Gasteiger partial charge is 0.303 e. The van der Waals surface area contributed by atoms with Gasteiger partial charge in [-0.1, -0.05) is 23.7 Å². The molecular weight excluding hydrogens is 410 g/mol. The summed E-state index contributed by atoms with van der Waals surface area (Å²) >= 11 is 7.98. The van der Waals surface area contributed by atoms with Crippen molar-refractivity contribution in [1.82, 2.24) is 4.98 Å². The van der Waals surface area contributed by atoms with Gasteiger partial charge in [0, 0.05) is 6.42 Å². The Morgan fingerprint density at radius 2 is 2.03 bits per heavy atom. The molecule has 3 rings (SSSR count). The lowest BCUT2D eigenvalue weighted by molar-refractivity contribution is -0.136. The van der Waals surface area contributed by atoms with E-state index in [9.17, 15) is 4.79 Å². The molecule has 1 aromatic heterocycles. The number of thiazole rings is 1. The van der Waals surface area contributed by atoms with Crippen molar-refractivity contribution in [2.45, 2.75) is 32.8 Å². The minimum Gasteiger partial charge on any atom is -0.493 e. The molecule has 0 aliphatic rings. The Morgan fingerprint density at radius 1 is 1.28 bits per heavy atom. The van der Waals surface area contributed by atoms with Crippen molar-refractivity contribution in [1.29, 1.82) is 0 Å². The molecule has 0 aliphatic carbocycles. The van der Waals surface area contributed by atoms with Gasteiger partial charge in [-0.15, -0.1) is 11.3 Å². The number of hydrogen-bond donors (Lipinski definition) is 1. The normalized spacial score (nSPS) is 11.8. The molecular formula is C22H22ClNO4S. The number of nitrogens with zero attached hydrogens (tertiary/aromatic N) is 1. The van der Waals surface area contributed by atoms with Crippen LogP contribution in [0.1, 0.15) is 37.3 Å². The molecule has 1 heterocycles. The van der Waals surface area contributed by atoms with Gasteiger partial charge in [-0.3, -0.25) is 4.79 Å². The molecule has 0 unspecified atom stereocenters. The lowest BCUT2D eigenvalue weighted by Gasteiger charge is -2.16. The van der Waals surface area contributed by atoms with Crippen LogP contribution in [0.5, 0.6) is 11.5 Å². The number of carboxylic acids is 1. The number of carboxylic acid groups (broad SMARTS) is 1. The van der Waals surface area contributed by atoms with Crippen LogP contribution in [-0.4, -0.2) is 29.3 Å². The van der Waals surface area contributed by atoms with E-state index in [0.29, 0.717) is 22.9 Å². The fourth-order valence-electron chi connectivity index (χ4n) is 2.87. The zero-order chi connectivity index (χ0) is 21.0. The summed E-state index contributed by atoms with van der Waals surface area (Å²) in [5, 5.41) is 10.4. The van der Waals surface area contributed by atoms with E-state index in [1.807, 2.05) is 50.3 Å². The Hall–Kier alpha value is -2.57. The molecule has 2 aromatic carbocycles. The Labute approximate surface area is 178 Å². The molecule has 0 amide bonds. The Balaban J connectivity index is 2.05. The fraction of sp³-hybridized carbons (Fsp3) is 0.273. The van der Waals surface area contributed by atoms with E-state index in [1.54, 1.807) is 24.5 Å². The SMILES string of the molecule is COc1cc(C=C(CCC(=O)O)c2nc3ccccc3s2)cc(Cl)c1OC(C)C. The van der Waals surface area contributed by atoms with E-state index in [0.717, 1.165) is 26.4 Å². The van der Waals surface area contributed by atoms with Gasteiger partial charge in [0.25, 0.3) is 0 Å². The molecule has 0 saturated carbocycles. The summed E-state index contributed by atoms with van der Waals surface area (Å²) in [6, 6.07) is 11.5. The number of carbonyl (C=O) groups is 1. The van der Waals surface area contributed by atoms with E-state index in [1.165, 1.54) is 0 Å². The highest BCUT2D eigenvalue weighted by Gasteiger charge is 2.15. The van der Waals surface area contributed by atoms with Gasteiger partial charge in [-0.25, -0.2) is 4.98 Å². The van der Waals surface area contributed by atoms with Crippen molar-refractivity contribution in [2.24, 2.45) is 0 Å². The number of para-hydroxylation sites is 1. The van der Waals surface area contributed by atoms with Gasteiger partial charge in [-0.2, -0.15) is 0 Å². The minimum atomic E-state index is -0.853. The Bertz CT molecular complexity index is 1030. The molecule has 152 valence electrons. The maximum Gasteiger partial charge on any atom is 0.303 e. The van der Waals surface area contributed by atoms with Crippen molar-refractivity contribution in [2.75, 3.05) is 7.11 Å². The van der Waals surface area contributed by atoms with Crippen molar-refractivity contribution in [3.63, 3.8) is 0 Å². The first kappa shape index (κ1) is 21.1. The average Bonchev–Trinajstić information content (AvgIpc) is 3.10. The second kappa shape index (κ2) is 9.29. The van der Waals surface area contributed by atoms with Gasteiger partial charge in [0.1, 0.15) is 5.01 Å². The quantitative estimate of drug-likeness (QED) is 0.463. The fourth-order valence-corrected chi connectivity index (χ4v) is 4.14. The highest BCUT2D eigenvalue weighted by Crippen LogP contribution is 2.39. The molecule has 0 spiro atoms. The number of benzene rings is 2. The van der Waals surface area contributed by atoms with Gasteiger partial charge in [-0.05, 0) is 61.7 Å². The van der Waals surface area contributed by atoms with Gasteiger partial charge >= 0.3 is 5.97 Å².